The SMILES string of the molecule is CC(NC(=O)NCC(C)(O)C(=O)O)c1ccccn1. The molecule has 2 atom stereocenters. The number of rotatable bonds is 5. The molecule has 0 aliphatic rings. The van der Waals surface area contributed by atoms with Crippen LogP contribution in [0.25, 0.3) is 0 Å². The summed E-state index contributed by atoms with van der Waals surface area (Å²) in [6, 6.07) is 4.43. The van der Waals surface area contributed by atoms with Crippen molar-refractivity contribution >= 4 is 12.0 Å². The van der Waals surface area contributed by atoms with Crippen molar-refractivity contribution in [3.63, 3.8) is 0 Å². The maximum absolute atomic E-state index is 11.5. The van der Waals surface area contributed by atoms with Gasteiger partial charge in [-0.3, -0.25) is 4.98 Å². The number of carboxylic acids is 1. The van der Waals surface area contributed by atoms with E-state index in [1.165, 1.54) is 0 Å². The molecule has 0 bridgehead atoms. The molecular formula is C12H17N3O4. The minimum Gasteiger partial charge on any atom is -0.479 e. The van der Waals surface area contributed by atoms with Gasteiger partial charge in [0.1, 0.15) is 0 Å². The van der Waals surface area contributed by atoms with Crippen molar-refractivity contribution in [2.45, 2.75) is 25.5 Å². The van der Waals surface area contributed by atoms with Gasteiger partial charge in [0, 0.05) is 6.20 Å². The van der Waals surface area contributed by atoms with Crippen molar-refractivity contribution in [2.24, 2.45) is 0 Å². The Morgan fingerprint density at radius 2 is 2.16 bits per heavy atom. The summed E-state index contributed by atoms with van der Waals surface area (Å²) in [5, 5.41) is 23.0. The Kier molecular flexibility index (Phi) is 4.82. The lowest BCUT2D eigenvalue weighted by Crippen LogP contribution is -2.49. The average Bonchev–Trinajstić information content (AvgIpc) is 2.37. The van der Waals surface area contributed by atoms with Gasteiger partial charge >= 0.3 is 12.0 Å². The topological polar surface area (TPSA) is 112 Å². The molecule has 1 aromatic heterocycles. The van der Waals surface area contributed by atoms with Crippen LogP contribution in [0, 0.1) is 0 Å². The Morgan fingerprint density at radius 3 is 2.68 bits per heavy atom. The highest BCUT2D eigenvalue weighted by atomic mass is 16.4. The van der Waals surface area contributed by atoms with Gasteiger partial charge in [-0.2, -0.15) is 0 Å². The van der Waals surface area contributed by atoms with Crippen LogP contribution in [-0.2, 0) is 4.79 Å². The third-order valence-electron chi connectivity index (χ3n) is 2.53. The van der Waals surface area contributed by atoms with E-state index in [1.54, 1.807) is 31.3 Å². The van der Waals surface area contributed by atoms with E-state index in [4.69, 9.17) is 5.11 Å². The van der Waals surface area contributed by atoms with Gasteiger partial charge in [0.2, 0.25) is 0 Å². The number of nitrogens with one attached hydrogen (secondary N) is 2. The van der Waals surface area contributed by atoms with E-state index in [0.29, 0.717) is 5.69 Å². The van der Waals surface area contributed by atoms with Crippen molar-refractivity contribution in [3.05, 3.63) is 30.1 Å². The number of hydrogen-bond acceptors (Lipinski definition) is 4. The minimum absolute atomic E-state index is 0.323. The first kappa shape index (κ1) is 14.9. The molecule has 104 valence electrons. The van der Waals surface area contributed by atoms with Gasteiger partial charge < -0.3 is 20.8 Å². The number of urea groups is 1. The minimum atomic E-state index is -1.99. The van der Waals surface area contributed by atoms with E-state index in [1.807, 2.05) is 0 Å². The van der Waals surface area contributed by atoms with E-state index in [-0.39, 0.29) is 12.6 Å². The average molecular weight is 267 g/mol. The molecule has 1 aromatic rings. The molecule has 0 aliphatic heterocycles. The molecule has 0 saturated carbocycles. The fraction of sp³-hybridized carbons (Fsp3) is 0.417. The zero-order valence-corrected chi connectivity index (χ0v) is 10.8. The van der Waals surface area contributed by atoms with Gasteiger partial charge in [-0.05, 0) is 26.0 Å². The van der Waals surface area contributed by atoms with Gasteiger partial charge in [-0.1, -0.05) is 6.07 Å². The molecule has 0 spiro atoms. The normalized spacial score (nSPS) is 15.1. The molecule has 1 heterocycles. The predicted molar refractivity (Wildman–Crippen MR) is 67.4 cm³/mol. The second kappa shape index (κ2) is 6.14. The first-order chi connectivity index (χ1) is 8.83. The molecule has 2 amide bonds. The van der Waals surface area contributed by atoms with Crippen LogP contribution in [0.1, 0.15) is 25.6 Å². The Labute approximate surface area is 110 Å². The number of carbonyl (C=O) groups is 2. The van der Waals surface area contributed by atoms with E-state index in [9.17, 15) is 14.7 Å². The van der Waals surface area contributed by atoms with Crippen molar-refractivity contribution < 1.29 is 19.8 Å². The van der Waals surface area contributed by atoms with Crippen LogP contribution in [0.15, 0.2) is 24.4 Å². The first-order valence-electron chi connectivity index (χ1n) is 5.74. The van der Waals surface area contributed by atoms with Crippen molar-refractivity contribution in [1.29, 1.82) is 0 Å². The van der Waals surface area contributed by atoms with Crippen molar-refractivity contribution in [2.75, 3.05) is 6.54 Å². The van der Waals surface area contributed by atoms with Crippen molar-refractivity contribution in [1.82, 2.24) is 15.6 Å². The molecule has 2 unspecified atom stereocenters. The van der Waals surface area contributed by atoms with Gasteiger partial charge in [0.15, 0.2) is 5.60 Å². The summed E-state index contributed by atoms with van der Waals surface area (Å²) in [6.07, 6.45) is 1.61. The molecule has 1 rings (SSSR count). The largest absolute Gasteiger partial charge is 0.479 e. The molecule has 7 heteroatoms. The lowest BCUT2D eigenvalue weighted by atomic mass is 10.1. The molecule has 4 N–H and O–H groups in total. The monoisotopic (exact) mass is 267 g/mol. The Morgan fingerprint density at radius 1 is 1.47 bits per heavy atom. The third kappa shape index (κ3) is 4.55. The molecule has 0 saturated heterocycles. The number of aromatic nitrogens is 1. The fourth-order valence-electron chi connectivity index (χ4n) is 1.28. The maximum Gasteiger partial charge on any atom is 0.337 e. The summed E-state index contributed by atoms with van der Waals surface area (Å²) in [4.78, 5) is 26.3. The summed E-state index contributed by atoms with van der Waals surface area (Å²) in [5.41, 5.74) is -1.31. The Bertz CT molecular complexity index is 448. The molecule has 7 nitrogen and oxygen atoms in total. The number of amides is 2. The lowest BCUT2D eigenvalue weighted by molar-refractivity contribution is -0.155. The summed E-state index contributed by atoms with van der Waals surface area (Å²) < 4.78 is 0. The number of pyridine rings is 1. The van der Waals surface area contributed by atoms with Gasteiger partial charge in [-0.25, -0.2) is 9.59 Å². The molecule has 0 radical (unpaired) electrons. The maximum atomic E-state index is 11.5. The molecule has 0 aliphatic carbocycles. The summed E-state index contributed by atoms with van der Waals surface area (Å²) >= 11 is 0. The number of aliphatic carboxylic acids is 1. The molecular weight excluding hydrogens is 250 g/mol. The number of nitrogens with zero attached hydrogens (tertiary/aromatic N) is 1. The standard InChI is InChI=1S/C12H17N3O4/c1-8(9-5-3-4-6-13-9)15-11(18)14-7-12(2,19)10(16)17/h3-6,8,19H,7H2,1-2H3,(H,16,17)(H2,14,15,18). The van der Waals surface area contributed by atoms with E-state index in [0.717, 1.165) is 6.92 Å². The quantitative estimate of drug-likeness (QED) is 0.612. The summed E-state index contributed by atoms with van der Waals surface area (Å²) in [5.74, 6) is -1.40. The summed E-state index contributed by atoms with van der Waals surface area (Å²) in [6.45, 7) is 2.47. The highest BCUT2D eigenvalue weighted by Crippen LogP contribution is 2.07. The van der Waals surface area contributed by atoms with E-state index in [2.05, 4.69) is 15.6 Å². The van der Waals surface area contributed by atoms with Gasteiger partial charge in [0.25, 0.3) is 0 Å². The zero-order chi connectivity index (χ0) is 14.5. The predicted octanol–water partition coefficient (Wildman–Crippen LogP) is 0.277. The van der Waals surface area contributed by atoms with E-state index >= 15 is 0 Å². The second-order valence-electron chi connectivity index (χ2n) is 4.38. The number of carbonyl (C=O) groups excluding carboxylic acids is 1. The highest BCUT2D eigenvalue weighted by Gasteiger charge is 2.30. The van der Waals surface area contributed by atoms with Crippen LogP contribution in [0.2, 0.25) is 0 Å². The zero-order valence-electron chi connectivity index (χ0n) is 10.8. The number of hydrogen-bond donors (Lipinski definition) is 4. The first-order valence-corrected chi connectivity index (χ1v) is 5.74. The lowest BCUT2D eigenvalue weighted by Gasteiger charge is -2.20. The summed E-state index contributed by atoms with van der Waals surface area (Å²) in [7, 11) is 0. The van der Waals surface area contributed by atoms with Crippen LogP contribution in [-0.4, -0.2) is 39.3 Å². The van der Waals surface area contributed by atoms with Gasteiger partial charge in [0.05, 0.1) is 18.3 Å². The van der Waals surface area contributed by atoms with Crippen LogP contribution in [0.3, 0.4) is 0 Å². The molecule has 0 aromatic carbocycles. The Balaban J connectivity index is 2.46. The molecule has 0 fully saturated rings. The van der Waals surface area contributed by atoms with E-state index < -0.39 is 17.6 Å². The smallest absolute Gasteiger partial charge is 0.337 e. The number of carboxylic acid groups (broad SMARTS) is 1. The highest BCUT2D eigenvalue weighted by molar-refractivity contribution is 5.79. The fourth-order valence-corrected chi connectivity index (χ4v) is 1.28. The van der Waals surface area contributed by atoms with Crippen LogP contribution in [0.4, 0.5) is 4.79 Å². The van der Waals surface area contributed by atoms with Crippen LogP contribution in [0.5, 0.6) is 0 Å². The molecule has 19 heavy (non-hydrogen) atoms. The Hall–Kier alpha value is -2.15. The number of aliphatic hydroxyl groups is 1. The van der Waals surface area contributed by atoms with Gasteiger partial charge in [-0.15, -0.1) is 0 Å². The van der Waals surface area contributed by atoms with Crippen molar-refractivity contribution in [3.8, 4) is 0 Å². The second-order valence-corrected chi connectivity index (χ2v) is 4.38. The van der Waals surface area contributed by atoms with Crippen LogP contribution < -0.4 is 10.6 Å². The van der Waals surface area contributed by atoms with Crippen LogP contribution >= 0.6 is 0 Å². The third-order valence-corrected chi connectivity index (χ3v) is 2.53.